The standard InChI is InChI=1S/C9H10FNO5S/c1-11(16-2)17(14,15)8-4-3-6(9(12)13)5-7(8)10/h3-5H,1-2H3,(H,12,13). The lowest BCUT2D eigenvalue weighted by atomic mass is 10.2. The smallest absolute Gasteiger partial charge is 0.335 e. The van der Waals surface area contributed by atoms with Crippen LogP contribution in [0.4, 0.5) is 4.39 Å². The van der Waals surface area contributed by atoms with Crippen molar-refractivity contribution < 1.29 is 27.5 Å². The zero-order valence-electron chi connectivity index (χ0n) is 9.05. The van der Waals surface area contributed by atoms with E-state index in [9.17, 15) is 17.6 Å². The normalized spacial score (nSPS) is 11.8. The first-order valence-corrected chi connectivity index (χ1v) is 5.80. The summed E-state index contributed by atoms with van der Waals surface area (Å²) in [6.45, 7) is 0. The summed E-state index contributed by atoms with van der Waals surface area (Å²) < 4.78 is 37.3. The summed E-state index contributed by atoms with van der Waals surface area (Å²) in [5.41, 5.74) is -0.332. The van der Waals surface area contributed by atoms with Gasteiger partial charge in [-0.15, -0.1) is 0 Å². The molecule has 6 nitrogen and oxygen atoms in total. The monoisotopic (exact) mass is 263 g/mol. The third kappa shape index (κ3) is 2.60. The first-order valence-electron chi connectivity index (χ1n) is 4.36. The van der Waals surface area contributed by atoms with E-state index in [4.69, 9.17) is 5.11 Å². The van der Waals surface area contributed by atoms with Crippen LogP contribution in [0.25, 0.3) is 0 Å². The Morgan fingerprint density at radius 2 is 2.06 bits per heavy atom. The Bertz CT molecular complexity index is 542. The van der Waals surface area contributed by atoms with Gasteiger partial charge in [-0.25, -0.2) is 17.6 Å². The fourth-order valence-electron chi connectivity index (χ4n) is 1.08. The Morgan fingerprint density at radius 3 is 2.47 bits per heavy atom. The van der Waals surface area contributed by atoms with Crippen molar-refractivity contribution >= 4 is 16.0 Å². The SMILES string of the molecule is CON(C)S(=O)(=O)c1ccc(C(=O)O)cc1F. The highest BCUT2D eigenvalue weighted by Crippen LogP contribution is 2.19. The molecule has 17 heavy (non-hydrogen) atoms. The van der Waals surface area contributed by atoms with Crippen LogP contribution in [0.2, 0.25) is 0 Å². The molecule has 1 aromatic carbocycles. The van der Waals surface area contributed by atoms with Crippen molar-refractivity contribution in [3.8, 4) is 0 Å². The van der Waals surface area contributed by atoms with Gasteiger partial charge >= 0.3 is 5.97 Å². The minimum atomic E-state index is -4.12. The summed E-state index contributed by atoms with van der Waals surface area (Å²) in [6.07, 6.45) is 0. The van der Waals surface area contributed by atoms with E-state index < -0.39 is 26.7 Å². The number of sulfonamides is 1. The third-order valence-electron chi connectivity index (χ3n) is 2.05. The van der Waals surface area contributed by atoms with E-state index in [0.29, 0.717) is 10.5 Å². The summed E-state index contributed by atoms with van der Waals surface area (Å²) in [4.78, 5) is 14.4. The van der Waals surface area contributed by atoms with Gasteiger partial charge in [0.25, 0.3) is 10.0 Å². The van der Waals surface area contributed by atoms with Crippen LogP contribution in [0.1, 0.15) is 10.4 Å². The Hall–Kier alpha value is -1.51. The van der Waals surface area contributed by atoms with Crippen LogP contribution < -0.4 is 0 Å². The average molecular weight is 263 g/mol. The van der Waals surface area contributed by atoms with Crippen LogP contribution in [0.15, 0.2) is 23.1 Å². The topological polar surface area (TPSA) is 83.9 Å². The summed E-state index contributed by atoms with van der Waals surface area (Å²) >= 11 is 0. The van der Waals surface area contributed by atoms with Gasteiger partial charge in [-0.2, -0.15) is 0 Å². The molecule has 1 aromatic rings. The van der Waals surface area contributed by atoms with Crippen LogP contribution in [0, 0.1) is 5.82 Å². The molecule has 94 valence electrons. The molecule has 0 aliphatic rings. The zero-order valence-corrected chi connectivity index (χ0v) is 9.86. The molecule has 0 radical (unpaired) electrons. The molecule has 0 aliphatic heterocycles. The van der Waals surface area contributed by atoms with Crippen LogP contribution in [0.3, 0.4) is 0 Å². The Morgan fingerprint density at radius 1 is 1.47 bits per heavy atom. The van der Waals surface area contributed by atoms with E-state index in [1.54, 1.807) is 0 Å². The van der Waals surface area contributed by atoms with E-state index in [0.717, 1.165) is 26.3 Å². The Kier molecular flexibility index (Phi) is 3.81. The predicted octanol–water partition coefficient (Wildman–Crippen LogP) is 0.706. The molecule has 1 N–H and O–H groups in total. The molecule has 0 saturated carbocycles. The van der Waals surface area contributed by atoms with Crippen molar-refractivity contribution in [3.05, 3.63) is 29.6 Å². The summed E-state index contributed by atoms with van der Waals surface area (Å²) in [6, 6.07) is 2.52. The number of aromatic carboxylic acids is 1. The number of hydrogen-bond donors (Lipinski definition) is 1. The van der Waals surface area contributed by atoms with Crippen LogP contribution in [0.5, 0.6) is 0 Å². The number of benzene rings is 1. The predicted molar refractivity (Wildman–Crippen MR) is 55.3 cm³/mol. The molecule has 0 atom stereocenters. The Balaban J connectivity index is 3.31. The average Bonchev–Trinajstić information content (AvgIpc) is 2.27. The first-order chi connectivity index (χ1) is 7.80. The van der Waals surface area contributed by atoms with Crippen LogP contribution >= 0.6 is 0 Å². The maximum Gasteiger partial charge on any atom is 0.335 e. The lowest BCUT2D eigenvalue weighted by Gasteiger charge is -2.14. The van der Waals surface area contributed by atoms with Gasteiger partial charge in [0.1, 0.15) is 10.7 Å². The molecule has 0 heterocycles. The third-order valence-corrected chi connectivity index (χ3v) is 3.77. The molecule has 8 heteroatoms. The minimum absolute atomic E-state index is 0.332. The van der Waals surface area contributed by atoms with E-state index >= 15 is 0 Å². The fourth-order valence-corrected chi connectivity index (χ4v) is 2.10. The van der Waals surface area contributed by atoms with Gasteiger partial charge in [-0.1, -0.05) is 4.47 Å². The molecule has 0 unspecified atom stereocenters. The fraction of sp³-hybridized carbons (Fsp3) is 0.222. The van der Waals surface area contributed by atoms with Crippen molar-refractivity contribution in [2.45, 2.75) is 4.90 Å². The largest absolute Gasteiger partial charge is 0.478 e. The zero-order chi connectivity index (χ0) is 13.2. The van der Waals surface area contributed by atoms with Gasteiger partial charge in [-0.3, -0.25) is 4.84 Å². The quantitative estimate of drug-likeness (QED) is 0.808. The number of nitrogens with zero attached hydrogens (tertiary/aromatic N) is 1. The number of hydrogen-bond acceptors (Lipinski definition) is 4. The van der Waals surface area contributed by atoms with E-state index in [1.165, 1.54) is 0 Å². The molecule has 0 aliphatic carbocycles. The van der Waals surface area contributed by atoms with Gasteiger partial charge < -0.3 is 5.11 Å². The Labute approximate surface area is 97.2 Å². The molecule has 0 aromatic heterocycles. The maximum atomic E-state index is 13.5. The highest BCUT2D eigenvalue weighted by Gasteiger charge is 2.25. The van der Waals surface area contributed by atoms with Crippen molar-refractivity contribution in [2.24, 2.45) is 0 Å². The molecule has 0 fully saturated rings. The molecule has 0 amide bonds. The van der Waals surface area contributed by atoms with Gasteiger partial charge in [-0.05, 0) is 18.2 Å². The van der Waals surface area contributed by atoms with Crippen molar-refractivity contribution in [1.82, 2.24) is 4.47 Å². The number of carbonyl (C=O) groups is 1. The van der Waals surface area contributed by atoms with E-state index in [2.05, 4.69) is 4.84 Å². The van der Waals surface area contributed by atoms with Gasteiger partial charge in [0.15, 0.2) is 0 Å². The lowest BCUT2D eigenvalue weighted by Crippen LogP contribution is -2.26. The molecular weight excluding hydrogens is 253 g/mol. The van der Waals surface area contributed by atoms with Crippen molar-refractivity contribution in [1.29, 1.82) is 0 Å². The first kappa shape index (κ1) is 13.6. The highest BCUT2D eigenvalue weighted by molar-refractivity contribution is 7.89. The lowest BCUT2D eigenvalue weighted by molar-refractivity contribution is -0.0260. The van der Waals surface area contributed by atoms with E-state index in [1.807, 2.05) is 0 Å². The number of carboxylic acids is 1. The minimum Gasteiger partial charge on any atom is -0.478 e. The molecule has 1 rings (SSSR count). The van der Waals surface area contributed by atoms with E-state index in [-0.39, 0.29) is 5.56 Å². The van der Waals surface area contributed by atoms with Crippen LogP contribution in [-0.4, -0.2) is 38.1 Å². The maximum absolute atomic E-state index is 13.5. The number of halogens is 1. The second kappa shape index (κ2) is 4.78. The molecule has 0 bridgehead atoms. The number of hydroxylamine groups is 1. The molecule has 0 spiro atoms. The summed E-state index contributed by atoms with van der Waals surface area (Å²) in [7, 11) is -1.91. The van der Waals surface area contributed by atoms with Crippen molar-refractivity contribution in [3.63, 3.8) is 0 Å². The second-order valence-electron chi connectivity index (χ2n) is 3.05. The number of rotatable bonds is 4. The van der Waals surface area contributed by atoms with Crippen molar-refractivity contribution in [2.75, 3.05) is 14.2 Å². The molecular formula is C9H10FNO5S. The summed E-state index contributed by atoms with van der Waals surface area (Å²) in [5.74, 6) is -2.48. The summed E-state index contributed by atoms with van der Waals surface area (Å²) in [5, 5.41) is 8.61. The number of carboxylic acid groups (broad SMARTS) is 1. The van der Waals surface area contributed by atoms with Gasteiger partial charge in [0.05, 0.1) is 12.7 Å². The van der Waals surface area contributed by atoms with Crippen LogP contribution in [-0.2, 0) is 14.9 Å². The highest BCUT2D eigenvalue weighted by atomic mass is 32.2. The van der Waals surface area contributed by atoms with Gasteiger partial charge in [0, 0.05) is 7.05 Å². The second-order valence-corrected chi connectivity index (χ2v) is 4.95. The van der Waals surface area contributed by atoms with Gasteiger partial charge in [0.2, 0.25) is 0 Å². The molecule has 0 saturated heterocycles.